The first-order valence-corrected chi connectivity index (χ1v) is 25.4. The van der Waals surface area contributed by atoms with Crippen molar-refractivity contribution in [3.63, 3.8) is 0 Å². The van der Waals surface area contributed by atoms with E-state index in [1.54, 1.807) is 0 Å². The van der Waals surface area contributed by atoms with Crippen molar-refractivity contribution in [3.05, 3.63) is 321 Å². The number of aromatic nitrogens is 3. The second-order valence-corrected chi connectivity index (χ2v) is 20.3. The number of nitrogens with zero attached hydrogens (tertiary/aromatic N) is 3. The van der Waals surface area contributed by atoms with Crippen molar-refractivity contribution in [1.29, 1.82) is 0 Å². The van der Waals surface area contributed by atoms with E-state index < -0.39 is 16.4 Å². The average molecular weight is 1130 g/mol. The molecule has 0 N–H and O–H groups in total. The molecular weight excluding hydrogens is 1080 g/mol. The number of benzene rings is 9. The third-order valence-electron chi connectivity index (χ3n) is 16.9. The Balaban J connectivity index is 0.00000528. The quantitative estimate of drug-likeness (QED) is 0.115. The Morgan fingerprint density at radius 3 is 1.26 bits per heavy atom. The maximum atomic E-state index is 5.44. The largest absolute Gasteiger partial charge is 0.351 e. The van der Waals surface area contributed by atoms with Crippen LogP contribution in [-0.4, -0.2) is 9.55 Å². The van der Waals surface area contributed by atoms with Gasteiger partial charge in [0.05, 0.1) is 18.2 Å². The Bertz CT molecular complexity index is 3920. The van der Waals surface area contributed by atoms with Crippen molar-refractivity contribution < 1.29 is 25.6 Å². The monoisotopic (exact) mass is 1130 g/mol. The van der Waals surface area contributed by atoms with Gasteiger partial charge in [-0.15, -0.1) is 22.3 Å². The van der Waals surface area contributed by atoms with Crippen molar-refractivity contribution >= 4 is 0 Å². The summed E-state index contributed by atoms with van der Waals surface area (Å²) >= 11 is 0. The van der Waals surface area contributed by atoms with Crippen LogP contribution in [0, 0.1) is 46.2 Å². The van der Waals surface area contributed by atoms with Gasteiger partial charge in [0.15, 0.2) is 0 Å². The molecule has 4 heteroatoms. The van der Waals surface area contributed by atoms with Gasteiger partial charge in [0.25, 0.3) is 0 Å². The zero-order chi connectivity index (χ0) is 49.2. The van der Waals surface area contributed by atoms with Crippen molar-refractivity contribution in [2.75, 3.05) is 0 Å². The molecule has 0 radical (unpaired) electrons. The van der Waals surface area contributed by atoms with Gasteiger partial charge in [-0.25, -0.2) is 0 Å². The van der Waals surface area contributed by atoms with E-state index in [1.807, 2.05) is 6.20 Å². The molecule has 2 aromatic heterocycles. The molecule has 9 aromatic carbocycles. The number of imidazole rings is 1. The first-order chi connectivity index (χ1) is 35.8. The van der Waals surface area contributed by atoms with Crippen LogP contribution in [0.3, 0.4) is 0 Å². The van der Waals surface area contributed by atoms with E-state index in [0.717, 1.165) is 44.9 Å². The zero-order valence-electron chi connectivity index (χ0n) is 41.9. The molecule has 0 bridgehead atoms. The van der Waals surface area contributed by atoms with E-state index in [1.165, 1.54) is 83.5 Å². The first-order valence-electron chi connectivity index (χ1n) is 25.4. The van der Waals surface area contributed by atoms with Crippen molar-refractivity contribution in [3.8, 4) is 44.5 Å². The van der Waals surface area contributed by atoms with Crippen LogP contribution in [0.4, 0.5) is 0 Å². The molecular formula is C70H51N3Pt-2. The third kappa shape index (κ3) is 5.99. The van der Waals surface area contributed by atoms with Crippen LogP contribution in [0.15, 0.2) is 219 Å². The van der Waals surface area contributed by atoms with Crippen LogP contribution in [0.1, 0.15) is 83.8 Å². The van der Waals surface area contributed by atoms with Gasteiger partial charge in [-0.3, -0.25) is 4.98 Å². The maximum Gasteiger partial charge on any atom is 0.205 e. The van der Waals surface area contributed by atoms with Crippen LogP contribution < -0.4 is 4.57 Å². The summed E-state index contributed by atoms with van der Waals surface area (Å²) in [5.74, 6) is 0. The number of hydrogen-bond donors (Lipinski definition) is 0. The average Bonchev–Trinajstić information content (AvgIpc) is 4.14. The Hall–Kier alpha value is -7.97. The summed E-state index contributed by atoms with van der Waals surface area (Å²) in [7, 11) is 2.10. The van der Waals surface area contributed by atoms with Crippen LogP contribution >= 0.6 is 0 Å². The number of pyridine rings is 1. The summed E-state index contributed by atoms with van der Waals surface area (Å²) in [6.45, 7) is 8.84. The molecule has 0 spiro atoms. The summed E-state index contributed by atoms with van der Waals surface area (Å²) < 4.78 is 4.52. The zero-order valence-corrected chi connectivity index (χ0v) is 44.2. The summed E-state index contributed by atoms with van der Waals surface area (Å²) in [6.07, 6.45) is 5.85. The van der Waals surface area contributed by atoms with E-state index in [0.29, 0.717) is 0 Å². The van der Waals surface area contributed by atoms with Gasteiger partial charge in [0.2, 0.25) is 6.33 Å². The summed E-state index contributed by atoms with van der Waals surface area (Å²) in [6, 6.07) is 87.3. The molecule has 14 rings (SSSR count). The Morgan fingerprint density at radius 1 is 0.419 bits per heavy atom. The standard InChI is InChI=1S/C70H51N3.Pt/c1-45-21-18-22-46(2)67(45)49-39-40-71-66(41-49)69(62-35-14-8-29-56(62)57-30-9-15-36-63(57)69)52-25-19-23-50(42-52)68(60-33-12-6-27-54(60)55-28-7-13-34-61(55)68)51-24-20-26-53(43-51)70(73-44-72(5)47(3)48(73)4)64-37-16-10-31-58(64)59-32-11-17-38-65(59)70;/h6-41H,1-5H3;/q-2;. The van der Waals surface area contributed by atoms with Crippen molar-refractivity contribution in [1.82, 2.24) is 9.55 Å². The van der Waals surface area contributed by atoms with E-state index in [9.17, 15) is 0 Å². The molecule has 0 atom stereocenters. The van der Waals surface area contributed by atoms with Gasteiger partial charge >= 0.3 is 0 Å². The molecule has 3 nitrogen and oxygen atoms in total. The summed E-state index contributed by atoms with van der Waals surface area (Å²) in [4.78, 5) is 5.44. The van der Waals surface area contributed by atoms with E-state index >= 15 is 0 Å². The molecule has 0 amide bonds. The fourth-order valence-corrected chi connectivity index (χ4v) is 13.7. The minimum absolute atomic E-state index is 0. The Morgan fingerprint density at radius 2 is 0.797 bits per heavy atom. The Labute approximate surface area is 448 Å². The first kappa shape index (κ1) is 45.9. The third-order valence-corrected chi connectivity index (χ3v) is 16.9. The van der Waals surface area contributed by atoms with E-state index in [2.05, 4.69) is 275 Å². The predicted octanol–water partition coefficient (Wildman–Crippen LogP) is 14.6. The van der Waals surface area contributed by atoms with Crippen LogP contribution in [0.5, 0.6) is 0 Å². The van der Waals surface area contributed by atoms with Gasteiger partial charge in [-0.1, -0.05) is 178 Å². The number of rotatable bonds is 7. The number of hydrogen-bond acceptors (Lipinski definition) is 1. The SMILES string of the molecule is Cc1cccc(C)c1-c1ccnc(C2(c3[c-]c(C4(c5[c-]c(C6(n7[c-][n+](C)c(C)c7C)c7ccccc7-c7ccccc76)ccc5)c5ccccc5-c5ccccc54)ccc3)c3ccccc3-c3ccccc32)c1.[Pt]. The van der Waals surface area contributed by atoms with Gasteiger partial charge in [0.1, 0.15) is 5.54 Å². The molecule has 0 unspecified atom stereocenters. The molecule has 3 aliphatic rings. The smallest absolute Gasteiger partial charge is 0.205 e. The predicted molar refractivity (Wildman–Crippen MR) is 293 cm³/mol. The molecule has 0 saturated carbocycles. The van der Waals surface area contributed by atoms with Gasteiger partial charge in [-0.2, -0.15) is 48.5 Å². The topological polar surface area (TPSA) is 21.7 Å². The number of fused-ring (bicyclic) bond motifs is 9. The van der Waals surface area contributed by atoms with Gasteiger partial charge < -0.3 is 9.13 Å². The maximum absolute atomic E-state index is 5.44. The Kier molecular flexibility index (Phi) is 10.6. The van der Waals surface area contributed by atoms with Crippen LogP contribution in [0.2, 0.25) is 0 Å². The summed E-state index contributed by atoms with van der Waals surface area (Å²) in [5.41, 5.74) is 24.5. The van der Waals surface area contributed by atoms with Crippen LogP contribution in [0.25, 0.3) is 44.5 Å². The molecule has 0 aliphatic heterocycles. The fraction of sp³-hybridized carbons (Fsp3) is 0.114. The van der Waals surface area contributed by atoms with Crippen LogP contribution in [-0.2, 0) is 44.5 Å². The molecule has 358 valence electrons. The normalized spacial score (nSPS) is 14.5. The second kappa shape index (κ2) is 17.1. The van der Waals surface area contributed by atoms with Crippen molar-refractivity contribution in [2.24, 2.45) is 7.05 Å². The fourth-order valence-electron chi connectivity index (χ4n) is 13.7. The van der Waals surface area contributed by atoms with Gasteiger partial charge in [-0.05, 0) is 115 Å². The molecule has 3 aliphatic carbocycles. The minimum atomic E-state index is -0.833. The molecule has 74 heavy (non-hydrogen) atoms. The molecule has 0 fully saturated rings. The number of aryl methyl sites for hydroxylation is 3. The second-order valence-electron chi connectivity index (χ2n) is 20.3. The van der Waals surface area contributed by atoms with E-state index in [-0.39, 0.29) is 21.1 Å². The van der Waals surface area contributed by atoms with E-state index in [4.69, 9.17) is 4.98 Å². The minimum Gasteiger partial charge on any atom is -0.351 e. The summed E-state index contributed by atoms with van der Waals surface area (Å²) in [5, 5.41) is 0. The molecule has 2 heterocycles. The van der Waals surface area contributed by atoms with Crippen molar-refractivity contribution in [2.45, 2.75) is 44.1 Å². The molecule has 11 aromatic rings. The molecule has 0 saturated heterocycles. The van der Waals surface area contributed by atoms with Gasteiger partial charge in [0, 0.05) is 43.8 Å².